The van der Waals surface area contributed by atoms with E-state index in [2.05, 4.69) is 23.3 Å². The predicted octanol–water partition coefficient (Wildman–Crippen LogP) is 0.277. The molecule has 0 bridgehead atoms. The van der Waals surface area contributed by atoms with Crippen LogP contribution >= 0.6 is 12.6 Å². The van der Waals surface area contributed by atoms with Gasteiger partial charge in [0.2, 0.25) is 5.91 Å². The third-order valence-electron chi connectivity index (χ3n) is 1.97. The van der Waals surface area contributed by atoms with E-state index in [0.717, 1.165) is 0 Å². The van der Waals surface area contributed by atoms with E-state index in [1.807, 2.05) is 0 Å². The molecule has 0 aliphatic rings. The molecule has 1 rings (SSSR count). The summed E-state index contributed by atoms with van der Waals surface area (Å²) in [5.74, 6) is -0.351. The second-order valence-electron chi connectivity index (χ2n) is 3.26. The Labute approximate surface area is 105 Å². The Morgan fingerprint density at radius 3 is 2.41 bits per heavy atom. The topological polar surface area (TPSA) is 78.4 Å². The minimum Gasteiger partial charge on any atom is -0.395 e. The Balaban J connectivity index is 2.61. The van der Waals surface area contributed by atoms with Crippen LogP contribution in [0.4, 0.5) is 5.69 Å². The molecule has 0 spiro atoms. The van der Waals surface area contributed by atoms with Gasteiger partial charge >= 0.3 is 0 Å². The van der Waals surface area contributed by atoms with Crippen molar-refractivity contribution in [1.82, 2.24) is 5.32 Å². The van der Waals surface area contributed by atoms with Gasteiger partial charge in [0.1, 0.15) is 0 Å². The first-order chi connectivity index (χ1) is 8.17. The predicted molar refractivity (Wildman–Crippen MR) is 68.3 cm³/mol. The van der Waals surface area contributed by atoms with Crippen molar-refractivity contribution in [3.8, 4) is 0 Å². The Morgan fingerprint density at radius 2 is 1.88 bits per heavy atom. The van der Waals surface area contributed by atoms with Crippen molar-refractivity contribution >= 4 is 30.1 Å². The lowest BCUT2D eigenvalue weighted by molar-refractivity contribution is -0.113. The van der Waals surface area contributed by atoms with E-state index in [1.165, 1.54) is 0 Å². The summed E-state index contributed by atoms with van der Waals surface area (Å²) in [5.41, 5.74) is 1.09. The van der Waals surface area contributed by atoms with Gasteiger partial charge in [0.05, 0.1) is 12.4 Å². The summed E-state index contributed by atoms with van der Waals surface area (Å²) in [6.07, 6.45) is 0. The van der Waals surface area contributed by atoms with Gasteiger partial charge in [-0.25, -0.2) is 0 Å². The number of rotatable bonds is 5. The van der Waals surface area contributed by atoms with Crippen LogP contribution in [-0.2, 0) is 4.79 Å². The zero-order valence-electron chi connectivity index (χ0n) is 9.14. The Bertz CT molecular complexity index is 392. The largest absolute Gasteiger partial charge is 0.395 e. The first-order valence-electron chi connectivity index (χ1n) is 5.07. The highest BCUT2D eigenvalue weighted by atomic mass is 32.1. The van der Waals surface area contributed by atoms with Crippen LogP contribution < -0.4 is 10.6 Å². The summed E-state index contributed by atoms with van der Waals surface area (Å²) in [4.78, 5) is 22.5. The molecule has 0 saturated carbocycles. The smallest absolute Gasteiger partial charge is 0.251 e. The molecule has 0 unspecified atom stereocenters. The molecular formula is C11H14N2O3S. The van der Waals surface area contributed by atoms with Crippen molar-refractivity contribution in [2.45, 2.75) is 0 Å². The van der Waals surface area contributed by atoms with E-state index >= 15 is 0 Å². The van der Waals surface area contributed by atoms with Gasteiger partial charge in [0.25, 0.3) is 5.91 Å². The van der Waals surface area contributed by atoms with E-state index in [9.17, 15) is 9.59 Å². The average Bonchev–Trinajstić information content (AvgIpc) is 2.36. The van der Waals surface area contributed by atoms with Gasteiger partial charge in [-0.05, 0) is 24.3 Å². The molecule has 5 nitrogen and oxygen atoms in total. The number of hydrogen-bond donors (Lipinski definition) is 4. The molecule has 17 heavy (non-hydrogen) atoms. The van der Waals surface area contributed by atoms with E-state index in [0.29, 0.717) is 11.3 Å². The fourth-order valence-electron chi connectivity index (χ4n) is 1.18. The molecule has 1 aromatic carbocycles. The van der Waals surface area contributed by atoms with Crippen molar-refractivity contribution < 1.29 is 14.7 Å². The SMILES string of the molecule is O=C(CS)Nc1ccc(C(=O)NCCO)cc1. The number of carbonyl (C=O) groups excluding carboxylic acids is 2. The molecule has 0 atom stereocenters. The van der Waals surface area contributed by atoms with Crippen molar-refractivity contribution in [2.24, 2.45) is 0 Å². The van der Waals surface area contributed by atoms with E-state index < -0.39 is 0 Å². The van der Waals surface area contributed by atoms with Crippen LogP contribution in [0.15, 0.2) is 24.3 Å². The summed E-state index contributed by atoms with van der Waals surface area (Å²) in [6.45, 7) is 0.124. The molecule has 0 aliphatic heterocycles. The summed E-state index contributed by atoms with van der Waals surface area (Å²) in [6, 6.07) is 6.46. The number of nitrogens with one attached hydrogen (secondary N) is 2. The lowest BCUT2D eigenvalue weighted by atomic mass is 10.2. The molecule has 0 saturated heterocycles. The number of aliphatic hydroxyl groups excluding tert-OH is 1. The van der Waals surface area contributed by atoms with Gasteiger partial charge in [-0.15, -0.1) is 0 Å². The van der Waals surface area contributed by atoms with Gasteiger partial charge < -0.3 is 15.7 Å². The van der Waals surface area contributed by atoms with Crippen LogP contribution in [0.5, 0.6) is 0 Å². The first-order valence-corrected chi connectivity index (χ1v) is 5.70. The molecular weight excluding hydrogens is 240 g/mol. The zero-order valence-corrected chi connectivity index (χ0v) is 10.0. The van der Waals surface area contributed by atoms with E-state index in [4.69, 9.17) is 5.11 Å². The highest BCUT2D eigenvalue weighted by Crippen LogP contribution is 2.09. The highest BCUT2D eigenvalue weighted by Gasteiger charge is 2.05. The second kappa shape index (κ2) is 6.93. The lowest BCUT2D eigenvalue weighted by Crippen LogP contribution is -2.26. The standard InChI is InChI=1S/C11H14N2O3S/c14-6-5-12-11(16)8-1-3-9(4-2-8)13-10(15)7-17/h1-4,14,17H,5-7H2,(H,12,16)(H,13,15). The lowest BCUT2D eigenvalue weighted by Gasteiger charge is -2.05. The van der Waals surface area contributed by atoms with E-state index in [1.54, 1.807) is 24.3 Å². The fraction of sp³-hybridized carbons (Fsp3) is 0.273. The van der Waals surface area contributed by atoms with Gasteiger partial charge in [-0.3, -0.25) is 9.59 Å². The average molecular weight is 254 g/mol. The third kappa shape index (κ3) is 4.46. The minimum absolute atomic E-state index is 0.0954. The maximum atomic E-state index is 11.5. The van der Waals surface area contributed by atoms with Crippen molar-refractivity contribution in [2.75, 3.05) is 24.2 Å². The van der Waals surface area contributed by atoms with Crippen molar-refractivity contribution in [3.05, 3.63) is 29.8 Å². The maximum Gasteiger partial charge on any atom is 0.251 e. The summed E-state index contributed by atoms with van der Waals surface area (Å²) in [5, 5.41) is 13.7. The number of anilines is 1. The van der Waals surface area contributed by atoms with Crippen LogP contribution in [0, 0.1) is 0 Å². The molecule has 0 fully saturated rings. The van der Waals surface area contributed by atoms with Crippen LogP contribution in [-0.4, -0.2) is 35.8 Å². The van der Waals surface area contributed by atoms with Crippen LogP contribution in [0.2, 0.25) is 0 Å². The number of thiol groups is 1. The van der Waals surface area contributed by atoms with Crippen molar-refractivity contribution in [1.29, 1.82) is 0 Å². The quantitative estimate of drug-likeness (QED) is 0.570. The number of carbonyl (C=O) groups is 2. The molecule has 0 aliphatic carbocycles. The molecule has 0 aromatic heterocycles. The van der Waals surface area contributed by atoms with Gasteiger partial charge in [-0.2, -0.15) is 12.6 Å². The fourth-order valence-corrected chi connectivity index (χ4v) is 1.26. The maximum absolute atomic E-state index is 11.5. The molecule has 2 amide bonds. The van der Waals surface area contributed by atoms with E-state index in [-0.39, 0.29) is 30.7 Å². The molecule has 0 heterocycles. The normalized spacial score (nSPS) is 9.76. The molecule has 1 aromatic rings. The molecule has 3 N–H and O–H groups in total. The van der Waals surface area contributed by atoms with Gasteiger partial charge in [-0.1, -0.05) is 0 Å². The number of amides is 2. The highest BCUT2D eigenvalue weighted by molar-refractivity contribution is 7.81. The molecule has 92 valence electrons. The van der Waals surface area contributed by atoms with Gasteiger partial charge in [0.15, 0.2) is 0 Å². The first kappa shape index (κ1) is 13.5. The zero-order chi connectivity index (χ0) is 12.7. The van der Waals surface area contributed by atoms with Gasteiger partial charge in [0, 0.05) is 17.8 Å². The number of benzene rings is 1. The Kier molecular flexibility index (Phi) is 5.51. The monoisotopic (exact) mass is 254 g/mol. The third-order valence-corrected chi connectivity index (χ3v) is 2.26. The Morgan fingerprint density at radius 1 is 1.24 bits per heavy atom. The molecule has 0 radical (unpaired) electrons. The van der Waals surface area contributed by atoms with Crippen molar-refractivity contribution in [3.63, 3.8) is 0 Å². The Hall–Kier alpha value is -1.53. The van der Waals surface area contributed by atoms with Crippen LogP contribution in [0.1, 0.15) is 10.4 Å². The van der Waals surface area contributed by atoms with Crippen LogP contribution in [0.25, 0.3) is 0 Å². The number of aliphatic hydroxyl groups is 1. The van der Waals surface area contributed by atoms with Crippen LogP contribution in [0.3, 0.4) is 0 Å². The minimum atomic E-state index is -0.258. The number of hydrogen-bond acceptors (Lipinski definition) is 4. The second-order valence-corrected chi connectivity index (χ2v) is 3.58. The summed E-state index contributed by atoms with van der Waals surface area (Å²) < 4.78 is 0. The summed E-state index contributed by atoms with van der Waals surface area (Å²) >= 11 is 3.84. The molecule has 6 heteroatoms. The summed E-state index contributed by atoms with van der Waals surface area (Å²) in [7, 11) is 0.